The van der Waals surface area contributed by atoms with Gasteiger partial charge < -0.3 is 16.2 Å². The average Bonchev–Trinajstić information content (AvgIpc) is 2.31. The van der Waals surface area contributed by atoms with Gasteiger partial charge in [0, 0.05) is 6.04 Å². The molecule has 0 saturated heterocycles. The van der Waals surface area contributed by atoms with Crippen molar-refractivity contribution in [2.75, 3.05) is 0 Å². The van der Waals surface area contributed by atoms with E-state index in [9.17, 15) is 4.79 Å². The van der Waals surface area contributed by atoms with Crippen molar-refractivity contribution in [3.05, 3.63) is 42.5 Å². The summed E-state index contributed by atoms with van der Waals surface area (Å²) in [6, 6.07) is 5.97. The summed E-state index contributed by atoms with van der Waals surface area (Å²) in [4.78, 5) is 11.7. The molecule has 1 rings (SSSR count). The Morgan fingerprint density at radius 2 is 2.12 bits per heavy atom. The smallest absolute Gasteiger partial charge is 0.237 e. The van der Waals surface area contributed by atoms with E-state index < -0.39 is 6.04 Å². The first kappa shape index (κ1) is 13.3. The molecule has 2 unspecified atom stereocenters. The summed E-state index contributed by atoms with van der Waals surface area (Å²) in [6.07, 6.45) is 2.08. The molecule has 0 saturated carbocycles. The van der Waals surface area contributed by atoms with E-state index in [-0.39, 0.29) is 17.7 Å². The van der Waals surface area contributed by atoms with Crippen LogP contribution in [0.1, 0.15) is 12.5 Å². The van der Waals surface area contributed by atoms with Crippen molar-refractivity contribution in [2.24, 2.45) is 5.73 Å². The van der Waals surface area contributed by atoms with Crippen LogP contribution in [0.15, 0.2) is 36.9 Å². The lowest BCUT2D eigenvalue weighted by atomic mass is 10.1. The molecule has 0 aliphatic rings. The Morgan fingerprint density at radius 1 is 1.53 bits per heavy atom. The van der Waals surface area contributed by atoms with E-state index in [0.717, 1.165) is 5.56 Å². The third-order valence-electron chi connectivity index (χ3n) is 2.45. The number of hydrogen-bond donors (Lipinski definition) is 3. The summed E-state index contributed by atoms with van der Waals surface area (Å²) in [7, 11) is 0. The summed E-state index contributed by atoms with van der Waals surface area (Å²) in [5.41, 5.74) is 6.70. The van der Waals surface area contributed by atoms with E-state index in [1.165, 1.54) is 0 Å². The van der Waals surface area contributed by atoms with Crippen molar-refractivity contribution in [3.63, 3.8) is 0 Å². The molecule has 0 aliphatic heterocycles. The van der Waals surface area contributed by atoms with Gasteiger partial charge in [0.15, 0.2) is 0 Å². The lowest BCUT2D eigenvalue weighted by Crippen LogP contribution is -2.44. The van der Waals surface area contributed by atoms with Gasteiger partial charge in [0.25, 0.3) is 0 Å². The van der Waals surface area contributed by atoms with Crippen LogP contribution >= 0.6 is 0 Å². The maximum Gasteiger partial charge on any atom is 0.237 e. The first-order valence-electron chi connectivity index (χ1n) is 5.49. The van der Waals surface area contributed by atoms with Gasteiger partial charge in [-0.3, -0.25) is 4.79 Å². The van der Waals surface area contributed by atoms with Crippen LogP contribution in [0.2, 0.25) is 0 Å². The van der Waals surface area contributed by atoms with Gasteiger partial charge in [-0.1, -0.05) is 18.2 Å². The predicted molar refractivity (Wildman–Crippen MR) is 67.6 cm³/mol. The van der Waals surface area contributed by atoms with E-state index in [4.69, 9.17) is 10.8 Å². The summed E-state index contributed by atoms with van der Waals surface area (Å²) in [5.74, 6) is -0.00229. The van der Waals surface area contributed by atoms with E-state index in [2.05, 4.69) is 11.9 Å². The Hall–Kier alpha value is -1.81. The monoisotopic (exact) mass is 234 g/mol. The Labute approximate surface area is 101 Å². The van der Waals surface area contributed by atoms with Gasteiger partial charge in [-0.15, -0.1) is 6.58 Å². The molecule has 4 nitrogen and oxygen atoms in total. The molecule has 4 heteroatoms. The largest absolute Gasteiger partial charge is 0.508 e. The number of amides is 1. The van der Waals surface area contributed by atoms with Crippen molar-refractivity contribution >= 4 is 5.91 Å². The molecular weight excluding hydrogens is 216 g/mol. The molecular formula is C13H18N2O2. The first-order valence-corrected chi connectivity index (χ1v) is 5.49. The Bertz CT molecular complexity index is 387. The molecule has 0 aromatic heterocycles. The second kappa shape index (κ2) is 6.06. The number of benzene rings is 1. The number of nitrogens with one attached hydrogen (secondary N) is 1. The van der Waals surface area contributed by atoms with Gasteiger partial charge in [-0.2, -0.15) is 0 Å². The van der Waals surface area contributed by atoms with Crippen LogP contribution in [0.25, 0.3) is 0 Å². The number of carbonyl (C=O) groups is 1. The Balaban J connectivity index is 2.53. The number of phenolic OH excluding ortho intramolecular Hbond substituents is 1. The van der Waals surface area contributed by atoms with Crippen LogP contribution < -0.4 is 11.1 Å². The topological polar surface area (TPSA) is 75.4 Å². The molecule has 1 aromatic rings. The summed E-state index contributed by atoms with van der Waals surface area (Å²) in [5, 5.41) is 11.9. The molecule has 0 aliphatic carbocycles. The van der Waals surface area contributed by atoms with Gasteiger partial charge >= 0.3 is 0 Å². The van der Waals surface area contributed by atoms with Crippen molar-refractivity contribution in [1.82, 2.24) is 5.32 Å². The number of rotatable bonds is 5. The fourth-order valence-electron chi connectivity index (χ4n) is 1.37. The molecule has 0 bridgehead atoms. The number of hydrogen-bond acceptors (Lipinski definition) is 3. The SMILES string of the molecule is C=CC(C)NC(=O)C(N)Cc1ccc(O)cc1. The quantitative estimate of drug-likeness (QED) is 0.664. The number of nitrogens with two attached hydrogens (primary N) is 1. The molecule has 0 fully saturated rings. The second-order valence-corrected chi connectivity index (χ2v) is 4.01. The summed E-state index contributed by atoms with van der Waals surface area (Å²) in [6.45, 7) is 5.41. The van der Waals surface area contributed by atoms with Gasteiger partial charge in [0.2, 0.25) is 5.91 Å². The Morgan fingerprint density at radius 3 is 2.65 bits per heavy atom. The average molecular weight is 234 g/mol. The molecule has 2 atom stereocenters. The van der Waals surface area contributed by atoms with Crippen molar-refractivity contribution in [3.8, 4) is 5.75 Å². The maximum absolute atomic E-state index is 11.7. The van der Waals surface area contributed by atoms with Gasteiger partial charge in [0.05, 0.1) is 6.04 Å². The highest BCUT2D eigenvalue weighted by Gasteiger charge is 2.14. The second-order valence-electron chi connectivity index (χ2n) is 4.01. The minimum absolute atomic E-state index is 0.0895. The van der Waals surface area contributed by atoms with Gasteiger partial charge in [-0.05, 0) is 31.0 Å². The number of aromatic hydroxyl groups is 1. The molecule has 17 heavy (non-hydrogen) atoms. The van der Waals surface area contributed by atoms with E-state index in [0.29, 0.717) is 6.42 Å². The molecule has 0 radical (unpaired) electrons. The normalized spacial score (nSPS) is 13.8. The highest BCUT2D eigenvalue weighted by Crippen LogP contribution is 2.10. The molecule has 1 aromatic carbocycles. The maximum atomic E-state index is 11.7. The molecule has 0 heterocycles. The molecule has 4 N–H and O–H groups in total. The minimum atomic E-state index is -0.595. The first-order chi connectivity index (χ1) is 8.02. The number of phenols is 1. The van der Waals surface area contributed by atoms with Crippen LogP contribution in [-0.2, 0) is 11.2 Å². The fourth-order valence-corrected chi connectivity index (χ4v) is 1.37. The molecule has 92 valence electrons. The minimum Gasteiger partial charge on any atom is -0.508 e. The molecule has 1 amide bonds. The highest BCUT2D eigenvalue weighted by atomic mass is 16.3. The molecule has 0 spiro atoms. The van der Waals surface area contributed by atoms with E-state index in [1.807, 2.05) is 6.92 Å². The van der Waals surface area contributed by atoms with E-state index >= 15 is 0 Å². The van der Waals surface area contributed by atoms with E-state index in [1.54, 1.807) is 30.3 Å². The van der Waals surface area contributed by atoms with Crippen molar-refractivity contribution < 1.29 is 9.90 Å². The van der Waals surface area contributed by atoms with Crippen LogP contribution in [0.3, 0.4) is 0 Å². The van der Waals surface area contributed by atoms with Crippen molar-refractivity contribution in [2.45, 2.75) is 25.4 Å². The van der Waals surface area contributed by atoms with Crippen LogP contribution in [0.4, 0.5) is 0 Å². The van der Waals surface area contributed by atoms with Gasteiger partial charge in [-0.25, -0.2) is 0 Å². The zero-order chi connectivity index (χ0) is 12.8. The highest BCUT2D eigenvalue weighted by molar-refractivity contribution is 5.82. The Kier molecular flexibility index (Phi) is 4.72. The number of carbonyl (C=O) groups excluding carboxylic acids is 1. The summed E-state index contributed by atoms with van der Waals surface area (Å²) >= 11 is 0. The van der Waals surface area contributed by atoms with Crippen LogP contribution in [0, 0.1) is 0 Å². The summed E-state index contributed by atoms with van der Waals surface area (Å²) < 4.78 is 0. The van der Waals surface area contributed by atoms with Gasteiger partial charge in [0.1, 0.15) is 5.75 Å². The predicted octanol–water partition coefficient (Wildman–Crippen LogP) is 0.953. The van der Waals surface area contributed by atoms with Crippen LogP contribution in [-0.4, -0.2) is 23.1 Å². The zero-order valence-corrected chi connectivity index (χ0v) is 9.89. The standard InChI is InChI=1S/C13H18N2O2/c1-3-9(2)15-13(17)12(14)8-10-4-6-11(16)7-5-10/h3-7,9,12,16H,1,8,14H2,2H3,(H,15,17). The fraction of sp³-hybridized carbons (Fsp3) is 0.308. The third kappa shape index (κ3) is 4.28. The van der Waals surface area contributed by atoms with Crippen LogP contribution in [0.5, 0.6) is 5.75 Å². The lowest BCUT2D eigenvalue weighted by Gasteiger charge is -2.15. The lowest BCUT2D eigenvalue weighted by molar-refractivity contribution is -0.122. The van der Waals surface area contributed by atoms with Crippen molar-refractivity contribution in [1.29, 1.82) is 0 Å². The third-order valence-corrected chi connectivity index (χ3v) is 2.45. The zero-order valence-electron chi connectivity index (χ0n) is 9.89.